The zero-order valence-corrected chi connectivity index (χ0v) is 15.6. The molecule has 0 spiro atoms. The van der Waals surface area contributed by atoms with Crippen molar-refractivity contribution in [3.05, 3.63) is 69.1 Å². The number of hydrogen-bond donors (Lipinski definition) is 3. The normalized spacial score (nSPS) is 12.4. The number of aromatic nitrogens is 1. The van der Waals surface area contributed by atoms with Gasteiger partial charge in [0.05, 0.1) is 0 Å². The van der Waals surface area contributed by atoms with Gasteiger partial charge in [0, 0.05) is 12.6 Å². The molecule has 0 aliphatic heterocycles. The van der Waals surface area contributed by atoms with E-state index in [1.165, 1.54) is 0 Å². The number of pyridine rings is 1. The molecule has 9 heteroatoms. The van der Waals surface area contributed by atoms with E-state index in [1.807, 2.05) is 24.3 Å². The van der Waals surface area contributed by atoms with Crippen LogP contribution in [0.25, 0.3) is 0 Å². The van der Waals surface area contributed by atoms with E-state index < -0.39 is 34.9 Å². The zero-order chi connectivity index (χ0) is 19.5. The first kappa shape index (κ1) is 22.7. The third-order valence-corrected chi connectivity index (χ3v) is 3.97. The van der Waals surface area contributed by atoms with Crippen LogP contribution in [0.4, 0.5) is 13.2 Å². The zero-order valence-electron chi connectivity index (χ0n) is 14.8. The number of aromatic amines is 1. The molecular formula is C18H21ClF3N3O2. The van der Waals surface area contributed by atoms with E-state index in [1.54, 1.807) is 4.98 Å². The van der Waals surface area contributed by atoms with Gasteiger partial charge in [-0.15, -0.1) is 12.4 Å². The van der Waals surface area contributed by atoms with Crippen LogP contribution < -0.4 is 16.6 Å². The number of alkyl halides is 3. The van der Waals surface area contributed by atoms with E-state index in [4.69, 9.17) is 5.73 Å². The number of carbonyl (C=O) groups excluding carboxylic acids is 1. The number of benzene rings is 1. The summed E-state index contributed by atoms with van der Waals surface area (Å²) < 4.78 is 37.6. The summed E-state index contributed by atoms with van der Waals surface area (Å²) in [5.74, 6) is -0.402. The number of halogens is 4. The molecule has 0 aliphatic rings. The van der Waals surface area contributed by atoms with E-state index in [0.717, 1.165) is 17.2 Å². The smallest absolute Gasteiger partial charge is 0.350 e. The highest BCUT2D eigenvalue weighted by Crippen LogP contribution is 2.26. The Hall–Kier alpha value is -2.32. The molecule has 0 bridgehead atoms. The summed E-state index contributed by atoms with van der Waals surface area (Å²) >= 11 is 0. The minimum atomic E-state index is -4.68. The maximum atomic E-state index is 12.5. The average Bonchev–Trinajstić information content (AvgIpc) is 2.58. The SMILES string of the molecule is CC(C)c1ccc(C(N)CNC(=O)c2ccc(C(F)(F)F)[nH]c2=O)cc1.Cl. The molecule has 1 heterocycles. The summed E-state index contributed by atoms with van der Waals surface area (Å²) in [6, 6.07) is 8.60. The summed E-state index contributed by atoms with van der Waals surface area (Å²) in [4.78, 5) is 25.4. The predicted octanol–water partition coefficient (Wildman–Crippen LogP) is 3.37. The molecule has 5 nitrogen and oxygen atoms in total. The molecule has 1 aromatic carbocycles. The van der Waals surface area contributed by atoms with Gasteiger partial charge in [0.1, 0.15) is 11.3 Å². The second kappa shape index (κ2) is 9.05. The van der Waals surface area contributed by atoms with Crippen LogP contribution in [-0.4, -0.2) is 17.4 Å². The topological polar surface area (TPSA) is 88.0 Å². The lowest BCUT2D eigenvalue weighted by molar-refractivity contribution is -0.141. The molecule has 0 saturated heterocycles. The number of amides is 1. The van der Waals surface area contributed by atoms with Crippen LogP contribution in [0.5, 0.6) is 0 Å². The molecule has 2 rings (SSSR count). The molecule has 0 radical (unpaired) electrons. The van der Waals surface area contributed by atoms with E-state index in [0.29, 0.717) is 12.0 Å². The molecular weight excluding hydrogens is 383 g/mol. The van der Waals surface area contributed by atoms with Crippen molar-refractivity contribution >= 4 is 18.3 Å². The van der Waals surface area contributed by atoms with Crippen LogP contribution in [0, 0.1) is 0 Å². The summed E-state index contributed by atoms with van der Waals surface area (Å²) in [5, 5.41) is 2.47. The van der Waals surface area contributed by atoms with Gasteiger partial charge in [-0.2, -0.15) is 13.2 Å². The van der Waals surface area contributed by atoms with Crippen LogP contribution >= 0.6 is 12.4 Å². The molecule has 0 fully saturated rings. The second-order valence-electron chi connectivity index (χ2n) is 6.25. The number of nitrogens with one attached hydrogen (secondary N) is 2. The highest BCUT2D eigenvalue weighted by Gasteiger charge is 2.32. The van der Waals surface area contributed by atoms with E-state index in [-0.39, 0.29) is 19.0 Å². The number of rotatable bonds is 5. The van der Waals surface area contributed by atoms with Crippen LogP contribution in [0.2, 0.25) is 0 Å². The third kappa shape index (κ3) is 5.83. The van der Waals surface area contributed by atoms with E-state index in [2.05, 4.69) is 19.2 Å². The number of nitrogens with two attached hydrogens (primary N) is 1. The van der Waals surface area contributed by atoms with Gasteiger partial charge in [-0.3, -0.25) is 9.59 Å². The fourth-order valence-electron chi connectivity index (χ4n) is 2.36. The molecule has 148 valence electrons. The van der Waals surface area contributed by atoms with Crippen LogP contribution in [0.1, 0.15) is 53.0 Å². The maximum absolute atomic E-state index is 12.5. The Labute approximate surface area is 160 Å². The van der Waals surface area contributed by atoms with Gasteiger partial charge in [-0.05, 0) is 29.2 Å². The van der Waals surface area contributed by atoms with Gasteiger partial charge in [-0.25, -0.2) is 0 Å². The van der Waals surface area contributed by atoms with Crippen molar-refractivity contribution < 1.29 is 18.0 Å². The Morgan fingerprint density at radius 3 is 2.15 bits per heavy atom. The summed E-state index contributed by atoms with van der Waals surface area (Å²) in [5.41, 5.74) is 5.26. The highest BCUT2D eigenvalue weighted by atomic mass is 35.5. The third-order valence-electron chi connectivity index (χ3n) is 3.97. The molecule has 1 atom stereocenters. The summed E-state index contributed by atoms with van der Waals surface area (Å²) in [7, 11) is 0. The van der Waals surface area contributed by atoms with Crippen molar-refractivity contribution in [1.82, 2.24) is 10.3 Å². The minimum Gasteiger partial charge on any atom is -0.350 e. The number of carbonyl (C=O) groups is 1. The van der Waals surface area contributed by atoms with Gasteiger partial charge in [0.2, 0.25) is 0 Å². The summed E-state index contributed by atoms with van der Waals surface area (Å²) in [6.45, 7) is 4.17. The predicted molar refractivity (Wildman–Crippen MR) is 99.1 cm³/mol. The van der Waals surface area contributed by atoms with Crippen LogP contribution in [0.15, 0.2) is 41.2 Å². The molecule has 0 aliphatic carbocycles. The summed E-state index contributed by atoms with van der Waals surface area (Å²) in [6.07, 6.45) is -4.68. The molecule has 1 amide bonds. The number of H-pyrrole nitrogens is 1. The Morgan fingerprint density at radius 2 is 1.67 bits per heavy atom. The fourth-order valence-corrected chi connectivity index (χ4v) is 2.36. The number of hydrogen-bond acceptors (Lipinski definition) is 3. The van der Waals surface area contributed by atoms with E-state index >= 15 is 0 Å². The van der Waals surface area contributed by atoms with E-state index in [9.17, 15) is 22.8 Å². The fraction of sp³-hybridized carbons (Fsp3) is 0.333. The second-order valence-corrected chi connectivity index (χ2v) is 6.25. The highest BCUT2D eigenvalue weighted by molar-refractivity contribution is 5.93. The molecule has 27 heavy (non-hydrogen) atoms. The molecule has 4 N–H and O–H groups in total. The standard InChI is InChI=1S/C18H20F3N3O2.ClH/c1-10(2)11-3-5-12(6-4-11)14(22)9-23-16(25)13-7-8-15(18(19,20)21)24-17(13)26;/h3-8,10,14H,9,22H2,1-2H3,(H,23,25)(H,24,26);1H. The van der Waals surface area contributed by atoms with Crippen molar-refractivity contribution in [2.45, 2.75) is 32.0 Å². The maximum Gasteiger partial charge on any atom is 0.431 e. The Balaban J connectivity index is 0.00000364. The monoisotopic (exact) mass is 403 g/mol. The first-order chi connectivity index (χ1) is 12.1. The van der Waals surface area contributed by atoms with Crippen molar-refractivity contribution in [2.75, 3.05) is 6.54 Å². The Kier molecular flexibility index (Phi) is 7.62. The average molecular weight is 404 g/mol. The van der Waals surface area contributed by atoms with Gasteiger partial charge in [0.25, 0.3) is 11.5 Å². The van der Waals surface area contributed by atoms with Crippen LogP contribution in [0.3, 0.4) is 0 Å². The molecule has 1 aromatic heterocycles. The lowest BCUT2D eigenvalue weighted by Gasteiger charge is -2.14. The minimum absolute atomic E-state index is 0. The Bertz CT molecular complexity index is 833. The quantitative estimate of drug-likeness (QED) is 0.715. The largest absolute Gasteiger partial charge is 0.431 e. The first-order valence-corrected chi connectivity index (χ1v) is 8.03. The van der Waals surface area contributed by atoms with Crippen LogP contribution in [-0.2, 0) is 6.18 Å². The van der Waals surface area contributed by atoms with Crippen molar-refractivity contribution in [3.8, 4) is 0 Å². The molecule has 0 saturated carbocycles. The first-order valence-electron chi connectivity index (χ1n) is 8.03. The lowest BCUT2D eigenvalue weighted by atomic mass is 9.99. The van der Waals surface area contributed by atoms with Gasteiger partial charge < -0.3 is 16.0 Å². The lowest BCUT2D eigenvalue weighted by Crippen LogP contribution is -2.35. The van der Waals surface area contributed by atoms with Gasteiger partial charge in [-0.1, -0.05) is 38.1 Å². The molecule has 1 unspecified atom stereocenters. The van der Waals surface area contributed by atoms with Crippen molar-refractivity contribution in [3.63, 3.8) is 0 Å². The van der Waals surface area contributed by atoms with Gasteiger partial charge >= 0.3 is 6.18 Å². The molecule has 2 aromatic rings. The Morgan fingerprint density at radius 1 is 1.11 bits per heavy atom. The van der Waals surface area contributed by atoms with Crippen molar-refractivity contribution in [1.29, 1.82) is 0 Å². The van der Waals surface area contributed by atoms with Gasteiger partial charge in [0.15, 0.2) is 0 Å². The van der Waals surface area contributed by atoms with Crippen molar-refractivity contribution in [2.24, 2.45) is 5.73 Å².